The van der Waals surface area contributed by atoms with E-state index in [1.807, 2.05) is 12.1 Å². The van der Waals surface area contributed by atoms with Crippen molar-refractivity contribution in [3.8, 4) is 0 Å². The van der Waals surface area contributed by atoms with Gasteiger partial charge >= 0.3 is 6.09 Å². The second kappa shape index (κ2) is 10.6. The third-order valence-electron chi connectivity index (χ3n) is 5.86. The highest BCUT2D eigenvalue weighted by Gasteiger charge is 2.37. The predicted octanol–water partition coefficient (Wildman–Crippen LogP) is 3.68. The van der Waals surface area contributed by atoms with Gasteiger partial charge in [-0.15, -0.1) is 0 Å². The summed E-state index contributed by atoms with van der Waals surface area (Å²) in [7, 11) is 0. The Morgan fingerprint density at radius 1 is 1.09 bits per heavy atom. The standard InChI is InChI=1S/C24H34ClN3O4/c1-24(2,3)32-23(31)27-20(13-16-9-11-18(25)12-10-16)22(30)28-14-19(15-28)26-21(29)17-7-5-4-6-8-17/h9-12,17,19-20H,4-8,13-15H2,1-3H3,(H,26,29)(H,27,31). The molecular weight excluding hydrogens is 430 g/mol. The number of rotatable bonds is 6. The predicted molar refractivity (Wildman–Crippen MR) is 123 cm³/mol. The molecule has 0 radical (unpaired) electrons. The smallest absolute Gasteiger partial charge is 0.408 e. The van der Waals surface area contributed by atoms with Gasteiger partial charge in [0.15, 0.2) is 0 Å². The summed E-state index contributed by atoms with van der Waals surface area (Å²) in [6, 6.07) is 6.39. The molecular formula is C24H34ClN3O4. The van der Waals surface area contributed by atoms with Gasteiger partial charge in [-0.05, 0) is 51.3 Å². The Bertz CT molecular complexity index is 810. The maximum absolute atomic E-state index is 13.1. The minimum Gasteiger partial charge on any atom is -0.444 e. The summed E-state index contributed by atoms with van der Waals surface area (Å²) in [5, 5.41) is 6.41. The van der Waals surface area contributed by atoms with Crippen molar-refractivity contribution < 1.29 is 19.1 Å². The molecule has 0 bridgehead atoms. The fourth-order valence-electron chi connectivity index (χ4n) is 4.16. The number of carbonyl (C=O) groups excluding carboxylic acids is 3. The maximum atomic E-state index is 13.1. The molecule has 1 heterocycles. The number of hydrogen-bond donors (Lipinski definition) is 2. The van der Waals surface area contributed by atoms with Crippen molar-refractivity contribution in [2.24, 2.45) is 5.92 Å². The molecule has 3 rings (SSSR count). The molecule has 1 unspecified atom stereocenters. The maximum Gasteiger partial charge on any atom is 0.408 e. The van der Waals surface area contributed by atoms with Crippen molar-refractivity contribution in [3.05, 3.63) is 34.9 Å². The van der Waals surface area contributed by atoms with Gasteiger partial charge in [0.05, 0.1) is 6.04 Å². The first kappa shape index (κ1) is 24.4. The Morgan fingerprint density at radius 3 is 2.31 bits per heavy atom. The van der Waals surface area contributed by atoms with Crippen LogP contribution in [0, 0.1) is 5.92 Å². The van der Waals surface area contributed by atoms with Gasteiger partial charge in [0.1, 0.15) is 11.6 Å². The highest BCUT2D eigenvalue weighted by molar-refractivity contribution is 6.30. The number of nitrogens with zero attached hydrogens (tertiary/aromatic N) is 1. The molecule has 0 aromatic heterocycles. The molecule has 1 atom stereocenters. The largest absolute Gasteiger partial charge is 0.444 e. The first-order chi connectivity index (χ1) is 15.1. The minimum atomic E-state index is -0.763. The molecule has 1 aliphatic carbocycles. The third-order valence-corrected chi connectivity index (χ3v) is 6.11. The van der Waals surface area contributed by atoms with Crippen molar-refractivity contribution in [2.45, 2.75) is 77.0 Å². The normalized spacial score (nSPS) is 18.4. The molecule has 3 amide bonds. The van der Waals surface area contributed by atoms with E-state index in [1.54, 1.807) is 37.8 Å². The van der Waals surface area contributed by atoms with Crippen LogP contribution in [0.5, 0.6) is 0 Å². The number of amides is 3. The summed E-state index contributed by atoms with van der Waals surface area (Å²) in [4.78, 5) is 39.6. The van der Waals surface area contributed by atoms with Gasteiger partial charge in [0.2, 0.25) is 11.8 Å². The molecule has 32 heavy (non-hydrogen) atoms. The fourth-order valence-corrected chi connectivity index (χ4v) is 4.29. The summed E-state index contributed by atoms with van der Waals surface area (Å²) >= 11 is 5.96. The number of nitrogens with one attached hydrogen (secondary N) is 2. The van der Waals surface area contributed by atoms with Gasteiger partial charge in [0, 0.05) is 30.5 Å². The lowest BCUT2D eigenvalue weighted by Crippen LogP contribution is -2.65. The van der Waals surface area contributed by atoms with Crippen LogP contribution in [0.15, 0.2) is 24.3 Å². The van der Waals surface area contributed by atoms with Gasteiger partial charge in [-0.2, -0.15) is 0 Å². The Kier molecular flexibility index (Phi) is 8.04. The first-order valence-electron chi connectivity index (χ1n) is 11.4. The van der Waals surface area contributed by atoms with Gasteiger partial charge in [0.25, 0.3) is 0 Å². The lowest BCUT2D eigenvalue weighted by Gasteiger charge is -2.42. The molecule has 2 aliphatic rings. The van der Waals surface area contributed by atoms with Crippen molar-refractivity contribution >= 4 is 29.5 Å². The lowest BCUT2D eigenvalue weighted by atomic mass is 9.88. The molecule has 2 fully saturated rings. The lowest BCUT2D eigenvalue weighted by molar-refractivity contribution is -0.140. The number of halogens is 1. The highest BCUT2D eigenvalue weighted by Crippen LogP contribution is 2.24. The second-order valence-electron chi connectivity index (χ2n) is 9.81. The van der Waals surface area contributed by atoms with Gasteiger partial charge in [-0.1, -0.05) is 43.0 Å². The Balaban J connectivity index is 1.57. The summed E-state index contributed by atoms with van der Waals surface area (Å²) in [5.41, 5.74) is 0.218. The van der Waals surface area contributed by atoms with Crippen LogP contribution in [-0.4, -0.2) is 53.6 Å². The van der Waals surface area contributed by atoms with Crippen LogP contribution in [-0.2, 0) is 20.7 Å². The van der Waals surface area contributed by atoms with Gasteiger partial charge in [-0.3, -0.25) is 9.59 Å². The third kappa shape index (κ3) is 7.12. The van der Waals surface area contributed by atoms with E-state index in [0.717, 1.165) is 31.2 Å². The zero-order chi connectivity index (χ0) is 23.3. The van der Waals surface area contributed by atoms with Crippen LogP contribution in [0.2, 0.25) is 5.02 Å². The summed E-state index contributed by atoms with van der Waals surface area (Å²) in [6.07, 6.45) is 5.01. The second-order valence-corrected chi connectivity index (χ2v) is 10.2. The van der Waals surface area contributed by atoms with Gasteiger partial charge in [-0.25, -0.2) is 4.79 Å². The number of benzene rings is 1. The quantitative estimate of drug-likeness (QED) is 0.673. The molecule has 7 nitrogen and oxygen atoms in total. The first-order valence-corrected chi connectivity index (χ1v) is 11.8. The Hall–Kier alpha value is -2.28. The van der Waals surface area contributed by atoms with Crippen molar-refractivity contribution in [1.29, 1.82) is 0 Å². The van der Waals surface area contributed by atoms with Crippen LogP contribution in [0.1, 0.15) is 58.4 Å². The molecule has 0 spiro atoms. The highest BCUT2D eigenvalue weighted by atomic mass is 35.5. The van der Waals surface area contributed by atoms with Crippen LogP contribution < -0.4 is 10.6 Å². The number of ether oxygens (including phenoxy) is 1. The number of carbonyl (C=O) groups is 3. The molecule has 176 valence electrons. The van der Waals surface area contributed by atoms with E-state index in [4.69, 9.17) is 16.3 Å². The van der Waals surface area contributed by atoms with E-state index in [-0.39, 0.29) is 23.8 Å². The monoisotopic (exact) mass is 463 g/mol. The van der Waals surface area contributed by atoms with Crippen molar-refractivity contribution in [2.75, 3.05) is 13.1 Å². The van der Waals surface area contributed by atoms with E-state index in [2.05, 4.69) is 10.6 Å². The summed E-state index contributed by atoms with van der Waals surface area (Å²) in [6.45, 7) is 6.22. The van der Waals surface area contributed by atoms with Crippen LogP contribution >= 0.6 is 11.6 Å². The van der Waals surface area contributed by atoms with E-state index < -0.39 is 17.7 Å². The van der Waals surface area contributed by atoms with Gasteiger partial charge < -0.3 is 20.3 Å². The molecule has 2 N–H and O–H groups in total. The molecule has 8 heteroatoms. The van der Waals surface area contributed by atoms with E-state index in [1.165, 1.54) is 6.42 Å². The van der Waals surface area contributed by atoms with Crippen LogP contribution in [0.3, 0.4) is 0 Å². The summed E-state index contributed by atoms with van der Waals surface area (Å²) in [5.74, 6) is 0.0142. The zero-order valence-electron chi connectivity index (χ0n) is 19.2. The molecule has 1 aliphatic heterocycles. The van der Waals surface area contributed by atoms with Crippen molar-refractivity contribution in [1.82, 2.24) is 15.5 Å². The average molecular weight is 464 g/mol. The average Bonchev–Trinajstić information content (AvgIpc) is 2.70. The van der Waals surface area contributed by atoms with Crippen LogP contribution in [0.25, 0.3) is 0 Å². The van der Waals surface area contributed by atoms with E-state index in [9.17, 15) is 14.4 Å². The summed E-state index contributed by atoms with van der Waals surface area (Å²) < 4.78 is 5.35. The minimum absolute atomic E-state index is 0.0360. The molecule has 1 saturated heterocycles. The van der Waals surface area contributed by atoms with Crippen molar-refractivity contribution in [3.63, 3.8) is 0 Å². The van der Waals surface area contributed by atoms with E-state index >= 15 is 0 Å². The fraction of sp³-hybridized carbons (Fsp3) is 0.625. The number of alkyl carbamates (subject to hydrolysis) is 1. The zero-order valence-corrected chi connectivity index (χ0v) is 19.9. The topological polar surface area (TPSA) is 87.7 Å². The van der Waals surface area contributed by atoms with E-state index in [0.29, 0.717) is 24.5 Å². The number of likely N-dealkylation sites (tertiary alicyclic amines) is 1. The number of hydrogen-bond acceptors (Lipinski definition) is 4. The molecule has 1 saturated carbocycles. The molecule has 1 aromatic carbocycles. The van der Waals surface area contributed by atoms with Crippen LogP contribution in [0.4, 0.5) is 4.79 Å². The molecule has 1 aromatic rings. The Morgan fingerprint density at radius 2 is 1.72 bits per heavy atom. The SMILES string of the molecule is CC(C)(C)OC(=O)NC(Cc1ccc(Cl)cc1)C(=O)N1CC(NC(=O)C2CCCCC2)C1. The Labute approximate surface area is 195 Å².